The van der Waals surface area contributed by atoms with Gasteiger partial charge >= 0.3 is 0 Å². The molecule has 0 saturated carbocycles. The number of thiophene rings is 1. The predicted molar refractivity (Wildman–Crippen MR) is 94.1 cm³/mol. The number of rotatable bonds is 3. The van der Waals surface area contributed by atoms with Crippen LogP contribution in [0.2, 0.25) is 0 Å². The Morgan fingerprint density at radius 1 is 1.14 bits per heavy atom. The van der Waals surface area contributed by atoms with Crippen LogP contribution < -0.4 is 5.32 Å². The maximum Gasteiger partial charge on any atom is 0.0699 e. The highest BCUT2D eigenvalue weighted by molar-refractivity contribution is 9.10. The Hall–Kier alpha value is -0.680. The molecule has 1 N–H and O–H groups in total. The van der Waals surface area contributed by atoms with E-state index in [9.17, 15) is 0 Å². The SMILES string of the molecule is Cc1ccsc1C(c1ccc(Br)cc1)N1CCCNCC1. The van der Waals surface area contributed by atoms with Crippen LogP contribution in [0.25, 0.3) is 0 Å². The van der Waals surface area contributed by atoms with Gasteiger partial charge in [-0.15, -0.1) is 11.3 Å². The number of hydrogen-bond acceptors (Lipinski definition) is 3. The van der Waals surface area contributed by atoms with Crippen LogP contribution in [0.4, 0.5) is 0 Å². The Morgan fingerprint density at radius 2 is 1.95 bits per heavy atom. The molecule has 112 valence electrons. The number of nitrogens with zero attached hydrogens (tertiary/aromatic N) is 1. The van der Waals surface area contributed by atoms with E-state index in [1.807, 2.05) is 11.3 Å². The lowest BCUT2D eigenvalue weighted by Crippen LogP contribution is -2.32. The molecular formula is C17H21BrN2S. The van der Waals surface area contributed by atoms with Crippen LogP contribution in [-0.4, -0.2) is 31.1 Å². The lowest BCUT2D eigenvalue weighted by Gasteiger charge is -2.31. The van der Waals surface area contributed by atoms with E-state index in [4.69, 9.17) is 0 Å². The Balaban J connectivity index is 1.97. The fourth-order valence-electron chi connectivity index (χ4n) is 2.96. The first-order valence-corrected chi connectivity index (χ1v) is 9.17. The van der Waals surface area contributed by atoms with Crippen molar-refractivity contribution >= 4 is 27.3 Å². The van der Waals surface area contributed by atoms with Crippen LogP contribution in [0.1, 0.15) is 28.5 Å². The summed E-state index contributed by atoms with van der Waals surface area (Å²) >= 11 is 5.43. The van der Waals surface area contributed by atoms with Gasteiger partial charge in [-0.25, -0.2) is 0 Å². The topological polar surface area (TPSA) is 15.3 Å². The second kappa shape index (κ2) is 7.05. The van der Waals surface area contributed by atoms with Crippen molar-refractivity contribution in [3.8, 4) is 0 Å². The van der Waals surface area contributed by atoms with Crippen LogP contribution in [0.15, 0.2) is 40.2 Å². The average molecular weight is 365 g/mol. The van der Waals surface area contributed by atoms with Gasteiger partial charge in [-0.2, -0.15) is 0 Å². The summed E-state index contributed by atoms with van der Waals surface area (Å²) in [4.78, 5) is 4.11. The largest absolute Gasteiger partial charge is 0.315 e. The maximum absolute atomic E-state index is 3.55. The Bertz CT molecular complexity index is 571. The summed E-state index contributed by atoms with van der Waals surface area (Å²) in [7, 11) is 0. The Kier molecular flexibility index (Phi) is 5.11. The zero-order valence-electron chi connectivity index (χ0n) is 12.3. The lowest BCUT2D eigenvalue weighted by molar-refractivity contribution is 0.243. The zero-order chi connectivity index (χ0) is 14.7. The van der Waals surface area contributed by atoms with Gasteiger partial charge in [0.25, 0.3) is 0 Å². The molecule has 1 aliphatic heterocycles. The van der Waals surface area contributed by atoms with Gasteiger partial charge in [-0.05, 0) is 54.6 Å². The molecule has 2 nitrogen and oxygen atoms in total. The molecule has 3 rings (SSSR count). The number of benzene rings is 1. The Morgan fingerprint density at radius 3 is 2.67 bits per heavy atom. The molecule has 0 spiro atoms. The minimum Gasteiger partial charge on any atom is -0.315 e. The molecule has 0 aliphatic carbocycles. The van der Waals surface area contributed by atoms with Crippen LogP contribution >= 0.6 is 27.3 Å². The summed E-state index contributed by atoms with van der Waals surface area (Å²) in [6.07, 6.45) is 1.22. The second-order valence-corrected chi connectivity index (χ2v) is 7.42. The van der Waals surface area contributed by atoms with E-state index in [2.05, 4.69) is 68.8 Å². The van der Waals surface area contributed by atoms with E-state index in [1.54, 1.807) is 0 Å². The molecule has 1 aromatic heterocycles. The quantitative estimate of drug-likeness (QED) is 0.877. The predicted octanol–water partition coefficient (Wildman–Crippen LogP) is 4.20. The van der Waals surface area contributed by atoms with E-state index in [0.29, 0.717) is 6.04 Å². The van der Waals surface area contributed by atoms with E-state index in [1.165, 1.54) is 22.4 Å². The Labute approximate surface area is 139 Å². The van der Waals surface area contributed by atoms with Gasteiger partial charge < -0.3 is 5.32 Å². The van der Waals surface area contributed by atoms with E-state index < -0.39 is 0 Å². The number of halogens is 1. The fraction of sp³-hybridized carbons (Fsp3) is 0.412. The first kappa shape index (κ1) is 15.2. The third-order valence-electron chi connectivity index (χ3n) is 4.08. The van der Waals surface area contributed by atoms with Crippen molar-refractivity contribution in [2.45, 2.75) is 19.4 Å². The van der Waals surface area contributed by atoms with Gasteiger partial charge in [0, 0.05) is 29.0 Å². The van der Waals surface area contributed by atoms with Gasteiger partial charge in [0.1, 0.15) is 0 Å². The van der Waals surface area contributed by atoms with Crippen molar-refractivity contribution in [2.75, 3.05) is 26.2 Å². The summed E-state index contributed by atoms with van der Waals surface area (Å²) in [5, 5.41) is 5.72. The van der Waals surface area contributed by atoms with Gasteiger partial charge in [-0.1, -0.05) is 28.1 Å². The molecule has 1 aromatic carbocycles. The van der Waals surface area contributed by atoms with E-state index in [0.717, 1.165) is 30.7 Å². The molecule has 1 unspecified atom stereocenters. The highest BCUT2D eigenvalue weighted by atomic mass is 79.9. The van der Waals surface area contributed by atoms with Crippen molar-refractivity contribution in [1.82, 2.24) is 10.2 Å². The second-order valence-electron chi connectivity index (χ2n) is 5.56. The highest BCUT2D eigenvalue weighted by Gasteiger charge is 2.25. The molecule has 2 aromatic rings. The van der Waals surface area contributed by atoms with Crippen molar-refractivity contribution in [2.24, 2.45) is 0 Å². The number of nitrogens with one attached hydrogen (secondary N) is 1. The van der Waals surface area contributed by atoms with Gasteiger partial charge in [-0.3, -0.25) is 4.90 Å². The summed E-state index contributed by atoms with van der Waals surface area (Å²) in [5.74, 6) is 0. The molecule has 1 aliphatic rings. The van der Waals surface area contributed by atoms with Crippen LogP contribution in [0.3, 0.4) is 0 Å². The van der Waals surface area contributed by atoms with Gasteiger partial charge in [0.2, 0.25) is 0 Å². The highest BCUT2D eigenvalue weighted by Crippen LogP contribution is 2.35. The van der Waals surface area contributed by atoms with Crippen molar-refractivity contribution < 1.29 is 0 Å². The van der Waals surface area contributed by atoms with Crippen LogP contribution in [0.5, 0.6) is 0 Å². The summed E-state index contributed by atoms with van der Waals surface area (Å²) < 4.78 is 1.14. The zero-order valence-corrected chi connectivity index (χ0v) is 14.7. The molecule has 2 heterocycles. The number of hydrogen-bond donors (Lipinski definition) is 1. The molecule has 0 bridgehead atoms. The van der Waals surface area contributed by atoms with E-state index >= 15 is 0 Å². The first-order valence-electron chi connectivity index (χ1n) is 7.50. The molecule has 4 heteroatoms. The monoisotopic (exact) mass is 364 g/mol. The summed E-state index contributed by atoms with van der Waals surface area (Å²) in [6, 6.07) is 11.4. The molecule has 1 fully saturated rings. The average Bonchev–Trinajstić information content (AvgIpc) is 2.75. The third kappa shape index (κ3) is 3.57. The molecule has 1 saturated heterocycles. The molecule has 0 radical (unpaired) electrons. The molecule has 0 amide bonds. The first-order chi connectivity index (χ1) is 10.3. The normalized spacial score (nSPS) is 18.4. The summed E-state index contributed by atoms with van der Waals surface area (Å²) in [6.45, 7) is 6.71. The summed E-state index contributed by atoms with van der Waals surface area (Å²) in [5.41, 5.74) is 2.80. The van der Waals surface area contributed by atoms with Gasteiger partial charge in [0.15, 0.2) is 0 Å². The van der Waals surface area contributed by atoms with Crippen LogP contribution in [0, 0.1) is 6.92 Å². The lowest BCUT2D eigenvalue weighted by atomic mass is 10.0. The van der Waals surface area contributed by atoms with E-state index in [-0.39, 0.29) is 0 Å². The van der Waals surface area contributed by atoms with Crippen LogP contribution in [-0.2, 0) is 0 Å². The standard InChI is InChI=1S/C17H21BrN2S/c1-13-7-12-21-17(13)16(14-3-5-15(18)6-4-14)20-10-2-8-19-9-11-20/h3-7,12,16,19H,2,8-11H2,1H3. The smallest absolute Gasteiger partial charge is 0.0699 e. The molecule has 1 atom stereocenters. The van der Waals surface area contributed by atoms with Crippen molar-refractivity contribution in [1.29, 1.82) is 0 Å². The van der Waals surface area contributed by atoms with Crippen molar-refractivity contribution in [3.63, 3.8) is 0 Å². The molecular weight excluding hydrogens is 344 g/mol. The minimum atomic E-state index is 0.387. The van der Waals surface area contributed by atoms with Gasteiger partial charge in [0.05, 0.1) is 6.04 Å². The van der Waals surface area contributed by atoms with Crippen molar-refractivity contribution in [3.05, 3.63) is 56.2 Å². The third-order valence-corrected chi connectivity index (χ3v) is 5.68. The number of aryl methyl sites for hydroxylation is 1. The maximum atomic E-state index is 3.55. The molecule has 21 heavy (non-hydrogen) atoms. The minimum absolute atomic E-state index is 0.387. The fourth-order valence-corrected chi connectivity index (χ4v) is 4.31.